The van der Waals surface area contributed by atoms with Crippen LogP contribution in [0.3, 0.4) is 0 Å². The van der Waals surface area contributed by atoms with Gasteiger partial charge in [0, 0.05) is 12.5 Å². The van der Waals surface area contributed by atoms with Crippen LogP contribution in [0, 0.1) is 11.8 Å². The topological polar surface area (TPSA) is 75.6 Å². The molecule has 0 aliphatic rings. The highest BCUT2D eigenvalue weighted by Gasteiger charge is 2.20. The number of carbonyl (C=O) groups excluding carboxylic acids is 1. The van der Waals surface area contributed by atoms with Crippen molar-refractivity contribution in [2.45, 2.75) is 40.0 Å². The first-order chi connectivity index (χ1) is 11.0. The molecular formula is C18H27NO4. The second-order valence-electron chi connectivity index (χ2n) is 5.75. The van der Waals surface area contributed by atoms with E-state index in [9.17, 15) is 14.7 Å². The first kappa shape index (κ1) is 19.0. The van der Waals surface area contributed by atoms with Gasteiger partial charge in [-0.1, -0.05) is 32.4 Å². The number of carboxylic acids is 1. The molecule has 0 aliphatic carbocycles. The van der Waals surface area contributed by atoms with Crippen molar-refractivity contribution >= 4 is 11.9 Å². The number of nitrogens with one attached hydrogen (secondary N) is 1. The molecule has 0 heterocycles. The zero-order chi connectivity index (χ0) is 17.2. The fraction of sp³-hybridized carbons (Fsp3) is 0.556. The Kier molecular flexibility index (Phi) is 8.16. The molecule has 1 aromatic carbocycles. The van der Waals surface area contributed by atoms with E-state index in [1.54, 1.807) is 0 Å². The Balaban J connectivity index is 2.58. The van der Waals surface area contributed by atoms with Gasteiger partial charge in [0.05, 0.1) is 12.5 Å². The molecule has 5 heteroatoms. The number of ether oxygens (including phenoxy) is 1. The molecule has 23 heavy (non-hydrogen) atoms. The number of carbonyl (C=O) groups is 2. The van der Waals surface area contributed by atoms with Crippen molar-refractivity contribution in [1.82, 2.24) is 5.32 Å². The number of rotatable bonds is 10. The Labute approximate surface area is 138 Å². The highest BCUT2D eigenvalue weighted by atomic mass is 16.5. The standard InChI is InChI=1S/C18H27NO4/c1-4-6-13(3)17(20)19-12-15(18(21)22)11-14-7-9-16(10-8-14)23-5-2/h7-10,13,15H,4-6,11-12H2,1-3H3,(H,19,20)(H,21,22). The van der Waals surface area contributed by atoms with Crippen LogP contribution in [0.1, 0.15) is 39.2 Å². The molecule has 1 amide bonds. The second kappa shape index (κ2) is 9.87. The van der Waals surface area contributed by atoms with Crippen LogP contribution < -0.4 is 10.1 Å². The van der Waals surface area contributed by atoms with E-state index in [0.717, 1.165) is 24.2 Å². The van der Waals surface area contributed by atoms with Crippen LogP contribution in [0.2, 0.25) is 0 Å². The Hall–Kier alpha value is -2.04. The lowest BCUT2D eigenvalue weighted by Crippen LogP contribution is -2.36. The van der Waals surface area contributed by atoms with Crippen molar-refractivity contribution in [3.8, 4) is 5.75 Å². The van der Waals surface area contributed by atoms with E-state index in [4.69, 9.17) is 4.74 Å². The predicted octanol–water partition coefficient (Wildman–Crippen LogP) is 2.88. The smallest absolute Gasteiger partial charge is 0.308 e. The quantitative estimate of drug-likeness (QED) is 0.695. The van der Waals surface area contributed by atoms with Crippen LogP contribution in [-0.2, 0) is 16.0 Å². The molecule has 2 N–H and O–H groups in total. The summed E-state index contributed by atoms with van der Waals surface area (Å²) in [6.45, 7) is 6.54. The monoisotopic (exact) mass is 321 g/mol. The first-order valence-corrected chi connectivity index (χ1v) is 8.20. The van der Waals surface area contributed by atoms with Crippen LogP contribution in [0.4, 0.5) is 0 Å². The number of amides is 1. The third-order valence-corrected chi connectivity index (χ3v) is 3.76. The lowest BCUT2D eigenvalue weighted by atomic mass is 9.98. The molecule has 1 rings (SSSR count). The molecule has 5 nitrogen and oxygen atoms in total. The zero-order valence-electron chi connectivity index (χ0n) is 14.2. The maximum absolute atomic E-state index is 11.9. The summed E-state index contributed by atoms with van der Waals surface area (Å²) in [5, 5.41) is 12.1. The third kappa shape index (κ3) is 6.72. The van der Waals surface area contributed by atoms with Crippen LogP contribution in [0.15, 0.2) is 24.3 Å². The Morgan fingerprint density at radius 1 is 1.22 bits per heavy atom. The lowest BCUT2D eigenvalue weighted by Gasteiger charge is -2.16. The van der Waals surface area contributed by atoms with Crippen molar-refractivity contribution in [3.05, 3.63) is 29.8 Å². The Morgan fingerprint density at radius 2 is 1.87 bits per heavy atom. The summed E-state index contributed by atoms with van der Waals surface area (Å²) in [5.41, 5.74) is 0.914. The van der Waals surface area contributed by atoms with Gasteiger partial charge in [-0.3, -0.25) is 9.59 Å². The van der Waals surface area contributed by atoms with Gasteiger partial charge in [0.1, 0.15) is 5.75 Å². The molecule has 0 bridgehead atoms. The molecule has 0 fully saturated rings. The van der Waals surface area contributed by atoms with Crippen molar-refractivity contribution in [3.63, 3.8) is 0 Å². The summed E-state index contributed by atoms with van der Waals surface area (Å²) in [5.74, 6) is -0.928. The average molecular weight is 321 g/mol. The van der Waals surface area contributed by atoms with Gasteiger partial charge < -0.3 is 15.2 Å². The maximum Gasteiger partial charge on any atom is 0.308 e. The van der Waals surface area contributed by atoms with E-state index in [-0.39, 0.29) is 18.4 Å². The molecule has 0 spiro atoms. The highest BCUT2D eigenvalue weighted by Crippen LogP contribution is 2.15. The molecule has 0 saturated carbocycles. The summed E-state index contributed by atoms with van der Waals surface area (Å²) in [6, 6.07) is 7.39. The third-order valence-electron chi connectivity index (χ3n) is 3.76. The van der Waals surface area contributed by atoms with Gasteiger partial charge >= 0.3 is 5.97 Å². The van der Waals surface area contributed by atoms with Gasteiger partial charge in [-0.2, -0.15) is 0 Å². The lowest BCUT2D eigenvalue weighted by molar-refractivity contribution is -0.141. The van der Waals surface area contributed by atoms with Crippen molar-refractivity contribution in [1.29, 1.82) is 0 Å². The van der Waals surface area contributed by atoms with E-state index in [1.165, 1.54) is 0 Å². The van der Waals surface area contributed by atoms with Crippen molar-refractivity contribution in [2.24, 2.45) is 11.8 Å². The molecule has 0 aliphatic heterocycles. The summed E-state index contributed by atoms with van der Waals surface area (Å²) >= 11 is 0. The van der Waals surface area contributed by atoms with Crippen molar-refractivity contribution < 1.29 is 19.4 Å². The van der Waals surface area contributed by atoms with E-state index < -0.39 is 11.9 Å². The number of aliphatic carboxylic acids is 1. The molecule has 0 aromatic heterocycles. The van der Waals surface area contributed by atoms with Gasteiger partial charge in [-0.25, -0.2) is 0 Å². The van der Waals surface area contributed by atoms with E-state index in [2.05, 4.69) is 5.32 Å². The first-order valence-electron chi connectivity index (χ1n) is 8.20. The molecule has 1 aromatic rings. The number of benzene rings is 1. The minimum Gasteiger partial charge on any atom is -0.494 e. The van der Waals surface area contributed by atoms with Gasteiger partial charge in [0.25, 0.3) is 0 Å². The number of hydrogen-bond donors (Lipinski definition) is 2. The van der Waals surface area contributed by atoms with Crippen LogP contribution >= 0.6 is 0 Å². The van der Waals surface area contributed by atoms with Crippen LogP contribution in [0.5, 0.6) is 5.75 Å². The SMILES string of the molecule is CCCC(C)C(=O)NCC(Cc1ccc(OCC)cc1)C(=O)O. The molecule has 0 radical (unpaired) electrons. The molecule has 2 atom stereocenters. The zero-order valence-corrected chi connectivity index (χ0v) is 14.2. The predicted molar refractivity (Wildman–Crippen MR) is 89.5 cm³/mol. The van der Waals surface area contributed by atoms with E-state index in [1.807, 2.05) is 45.0 Å². The molecular weight excluding hydrogens is 294 g/mol. The Morgan fingerprint density at radius 3 is 2.39 bits per heavy atom. The summed E-state index contributed by atoms with van der Waals surface area (Å²) in [6.07, 6.45) is 2.12. The molecule has 128 valence electrons. The fourth-order valence-electron chi connectivity index (χ4n) is 2.38. The normalized spacial score (nSPS) is 13.2. The highest BCUT2D eigenvalue weighted by molar-refractivity contribution is 5.79. The summed E-state index contributed by atoms with van der Waals surface area (Å²) < 4.78 is 5.37. The summed E-state index contributed by atoms with van der Waals surface area (Å²) in [7, 11) is 0. The van der Waals surface area contributed by atoms with E-state index >= 15 is 0 Å². The van der Waals surface area contributed by atoms with Gasteiger partial charge in [-0.05, 0) is 37.5 Å². The second-order valence-corrected chi connectivity index (χ2v) is 5.75. The van der Waals surface area contributed by atoms with Gasteiger partial charge in [0.15, 0.2) is 0 Å². The molecule has 0 saturated heterocycles. The average Bonchev–Trinajstić information content (AvgIpc) is 2.52. The van der Waals surface area contributed by atoms with Gasteiger partial charge in [0.2, 0.25) is 5.91 Å². The minimum atomic E-state index is -0.901. The fourth-order valence-corrected chi connectivity index (χ4v) is 2.38. The van der Waals surface area contributed by atoms with Crippen LogP contribution in [0.25, 0.3) is 0 Å². The largest absolute Gasteiger partial charge is 0.494 e. The summed E-state index contributed by atoms with van der Waals surface area (Å²) in [4.78, 5) is 23.3. The number of hydrogen-bond acceptors (Lipinski definition) is 3. The van der Waals surface area contributed by atoms with E-state index in [0.29, 0.717) is 13.0 Å². The minimum absolute atomic E-state index is 0.0789. The molecule has 2 unspecified atom stereocenters. The van der Waals surface area contributed by atoms with Crippen LogP contribution in [-0.4, -0.2) is 30.1 Å². The van der Waals surface area contributed by atoms with Crippen molar-refractivity contribution in [2.75, 3.05) is 13.2 Å². The van der Waals surface area contributed by atoms with Gasteiger partial charge in [-0.15, -0.1) is 0 Å². The maximum atomic E-state index is 11.9. The number of carboxylic acid groups (broad SMARTS) is 1. The Bertz CT molecular complexity index is 498.